The predicted octanol–water partition coefficient (Wildman–Crippen LogP) is 3.25. The molecule has 7 nitrogen and oxygen atoms in total. The number of benzene rings is 2. The summed E-state index contributed by atoms with van der Waals surface area (Å²) < 4.78 is 26.7. The summed E-state index contributed by atoms with van der Waals surface area (Å²) >= 11 is 0. The van der Waals surface area contributed by atoms with E-state index in [0.29, 0.717) is 17.3 Å². The van der Waals surface area contributed by atoms with Crippen molar-refractivity contribution in [3.63, 3.8) is 0 Å². The van der Waals surface area contributed by atoms with Crippen LogP contribution in [0, 0.1) is 0 Å². The standard InChI is InChI=1S/C24H32N4O3S/c1-18(2)27-14-16-28(17-15-27)22-8-4-19(5-9-22)24(29)25-20-6-12-23(13-7-20)32(30,31)26(3)21-10-11-21/h4-9,12-13,18,21H,10-11,14-17H2,1-3H3,(H,25,29). The number of hydrogen-bond donors (Lipinski definition) is 1. The normalized spacial score (nSPS) is 17.7. The van der Waals surface area contributed by atoms with E-state index in [1.807, 2.05) is 24.3 Å². The van der Waals surface area contributed by atoms with Gasteiger partial charge in [0.25, 0.3) is 5.91 Å². The number of carbonyl (C=O) groups excluding carboxylic acids is 1. The molecule has 1 aliphatic carbocycles. The molecular weight excluding hydrogens is 424 g/mol. The molecule has 0 bridgehead atoms. The van der Waals surface area contributed by atoms with Gasteiger partial charge in [0.1, 0.15) is 0 Å². The third-order valence-corrected chi connectivity index (χ3v) is 8.31. The third kappa shape index (κ3) is 4.98. The lowest BCUT2D eigenvalue weighted by Gasteiger charge is -2.38. The van der Waals surface area contributed by atoms with Crippen LogP contribution >= 0.6 is 0 Å². The molecule has 32 heavy (non-hydrogen) atoms. The maximum absolute atomic E-state index is 12.6. The Morgan fingerprint density at radius 1 is 0.969 bits per heavy atom. The molecule has 0 radical (unpaired) electrons. The molecule has 2 aromatic rings. The van der Waals surface area contributed by atoms with Gasteiger partial charge in [-0.25, -0.2) is 8.42 Å². The topological polar surface area (TPSA) is 73.0 Å². The van der Waals surface area contributed by atoms with Gasteiger partial charge in [-0.1, -0.05) is 0 Å². The van der Waals surface area contributed by atoms with Crippen molar-refractivity contribution >= 4 is 27.3 Å². The Morgan fingerprint density at radius 2 is 1.56 bits per heavy atom. The summed E-state index contributed by atoms with van der Waals surface area (Å²) in [6, 6.07) is 14.7. The Balaban J connectivity index is 1.36. The highest BCUT2D eigenvalue weighted by Gasteiger charge is 2.34. The monoisotopic (exact) mass is 456 g/mol. The quantitative estimate of drug-likeness (QED) is 0.692. The number of piperazine rings is 1. The highest BCUT2D eigenvalue weighted by Crippen LogP contribution is 2.30. The van der Waals surface area contributed by atoms with Gasteiger partial charge in [-0.05, 0) is 75.2 Å². The Morgan fingerprint density at radius 3 is 2.09 bits per heavy atom. The number of carbonyl (C=O) groups is 1. The fraction of sp³-hybridized carbons (Fsp3) is 0.458. The van der Waals surface area contributed by atoms with Gasteiger partial charge in [-0.2, -0.15) is 4.31 Å². The maximum atomic E-state index is 12.6. The van der Waals surface area contributed by atoms with Crippen molar-refractivity contribution in [1.29, 1.82) is 0 Å². The van der Waals surface area contributed by atoms with Crippen molar-refractivity contribution < 1.29 is 13.2 Å². The summed E-state index contributed by atoms with van der Waals surface area (Å²) in [6.07, 6.45) is 1.83. The van der Waals surface area contributed by atoms with Crippen molar-refractivity contribution in [2.24, 2.45) is 0 Å². The van der Waals surface area contributed by atoms with Crippen LogP contribution < -0.4 is 10.2 Å². The van der Waals surface area contributed by atoms with Crippen molar-refractivity contribution in [1.82, 2.24) is 9.21 Å². The zero-order valence-electron chi connectivity index (χ0n) is 19.0. The van der Waals surface area contributed by atoms with Gasteiger partial charge in [0, 0.05) is 62.2 Å². The smallest absolute Gasteiger partial charge is 0.255 e. The number of amides is 1. The minimum Gasteiger partial charge on any atom is -0.369 e. The molecule has 2 aromatic carbocycles. The Hall–Kier alpha value is -2.42. The molecule has 4 rings (SSSR count). The van der Waals surface area contributed by atoms with E-state index in [1.54, 1.807) is 31.3 Å². The van der Waals surface area contributed by atoms with E-state index < -0.39 is 10.0 Å². The van der Waals surface area contributed by atoms with Crippen molar-refractivity contribution in [3.05, 3.63) is 54.1 Å². The van der Waals surface area contributed by atoms with Gasteiger partial charge in [0.15, 0.2) is 0 Å². The second-order valence-electron chi connectivity index (χ2n) is 8.89. The van der Waals surface area contributed by atoms with Crippen molar-refractivity contribution in [2.45, 2.75) is 43.7 Å². The molecule has 0 atom stereocenters. The van der Waals surface area contributed by atoms with Gasteiger partial charge >= 0.3 is 0 Å². The van der Waals surface area contributed by atoms with E-state index in [4.69, 9.17) is 0 Å². The van der Waals surface area contributed by atoms with E-state index in [-0.39, 0.29) is 16.8 Å². The third-order valence-electron chi connectivity index (χ3n) is 6.39. The lowest BCUT2D eigenvalue weighted by molar-refractivity contribution is 0.102. The first-order valence-electron chi connectivity index (χ1n) is 11.2. The van der Waals surface area contributed by atoms with Crippen LogP contribution in [0.2, 0.25) is 0 Å². The van der Waals surface area contributed by atoms with Gasteiger partial charge in [0.05, 0.1) is 4.90 Å². The maximum Gasteiger partial charge on any atom is 0.255 e. The molecule has 1 heterocycles. The van der Waals surface area contributed by atoms with Gasteiger partial charge < -0.3 is 10.2 Å². The molecule has 1 N–H and O–H groups in total. The van der Waals surface area contributed by atoms with Crippen LogP contribution in [0.1, 0.15) is 37.0 Å². The van der Waals surface area contributed by atoms with Gasteiger partial charge in [-0.3, -0.25) is 9.69 Å². The first-order chi connectivity index (χ1) is 15.3. The van der Waals surface area contributed by atoms with Crippen LogP contribution in [-0.2, 0) is 10.0 Å². The summed E-state index contributed by atoms with van der Waals surface area (Å²) in [6.45, 7) is 8.50. The van der Waals surface area contributed by atoms with E-state index in [9.17, 15) is 13.2 Å². The Kier molecular flexibility index (Phi) is 6.55. The van der Waals surface area contributed by atoms with Crippen LogP contribution in [0.4, 0.5) is 11.4 Å². The molecule has 0 unspecified atom stereocenters. The van der Waals surface area contributed by atoms with E-state index in [2.05, 4.69) is 29.0 Å². The first-order valence-corrected chi connectivity index (χ1v) is 12.7. The number of nitrogens with one attached hydrogen (secondary N) is 1. The summed E-state index contributed by atoms with van der Waals surface area (Å²) in [7, 11) is -1.86. The SMILES string of the molecule is CC(C)N1CCN(c2ccc(C(=O)Nc3ccc(S(=O)(=O)N(C)C4CC4)cc3)cc2)CC1. The molecule has 1 saturated heterocycles. The minimum absolute atomic E-state index is 0.112. The van der Waals surface area contributed by atoms with Crippen LogP contribution in [0.15, 0.2) is 53.4 Å². The van der Waals surface area contributed by atoms with Crippen LogP contribution in [0.5, 0.6) is 0 Å². The molecule has 0 aromatic heterocycles. The Bertz CT molecular complexity index is 1040. The van der Waals surface area contributed by atoms with Crippen LogP contribution in [0.25, 0.3) is 0 Å². The first kappa shape index (κ1) is 22.8. The number of anilines is 2. The fourth-order valence-corrected chi connectivity index (χ4v) is 5.45. The van der Waals surface area contributed by atoms with Gasteiger partial charge in [-0.15, -0.1) is 0 Å². The lowest BCUT2D eigenvalue weighted by atomic mass is 10.1. The fourth-order valence-electron chi connectivity index (χ4n) is 4.03. The largest absolute Gasteiger partial charge is 0.369 e. The number of nitrogens with zero attached hydrogens (tertiary/aromatic N) is 3. The zero-order chi connectivity index (χ0) is 22.9. The van der Waals surface area contributed by atoms with Crippen molar-refractivity contribution in [2.75, 3.05) is 43.4 Å². The Labute approximate surface area is 191 Å². The van der Waals surface area contributed by atoms with E-state index in [0.717, 1.165) is 44.7 Å². The molecule has 1 saturated carbocycles. The summed E-state index contributed by atoms with van der Waals surface area (Å²) in [5.74, 6) is -0.216. The molecule has 2 fully saturated rings. The zero-order valence-corrected chi connectivity index (χ0v) is 19.8. The van der Waals surface area contributed by atoms with E-state index in [1.165, 1.54) is 4.31 Å². The van der Waals surface area contributed by atoms with Crippen molar-refractivity contribution in [3.8, 4) is 0 Å². The molecule has 8 heteroatoms. The average Bonchev–Trinajstić information content (AvgIpc) is 3.64. The lowest BCUT2D eigenvalue weighted by Crippen LogP contribution is -2.48. The molecule has 1 aliphatic heterocycles. The molecular formula is C24H32N4O3S. The van der Waals surface area contributed by atoms with Gasteiger partial charge in [0.2, 0.25) is 10.0 Å². The molecule has 2 aliphatic rings. The highest BCUT2D eigenvalue weighted by atomic mass is 32.2. The van der Waals surface area contributed by atoms with Crippen LogP contribution in [-0.4, -0.2) is 68.8 Å². The second-order valence-corrected chi connectivity index (χ2v) is 10.9. The number of hydrogen-bond acceptors (Lipinski definition) is 5. The predicted molar refractivity (Wildman–Crippen MR) is 128 cm³/mol. The molecule has 1 amide bonds. The second kappa shape index (κ2) is 9.21. The summed E-state index contributed by atoms with van der Waals surface area (Å²) in [4.78, 5) is 17.7. The number of sulfonamides is 1. The molecule has 172 valence electrons. The highest BCUT2D eigenvalue weighted by molar-refractivity contribution is 7.89. The molecule has 0 spiro atoms. The summed E-state index contributed by atoms with van der Waals surface area (Å²) in [5.41, 5.74) is 2.26. The summed E-state index contributed by atoms with van der Waals surface area (Å²) in [5, 5.41) is 2.85. The van der Waals surface area contributed by atoms with E-state index >= 15 is 0 Å². The van der Waals surface area contributed by atoms with Crippen LogP contribution in [0.3, 0.4) is 0 Å². The minimum atomic E-state index is -3.48. The number of rotatable bonds is 7. The average molecular weight is 457 g/mol.